The van der Waals surface area contributed by atoms with E-state index in [1.54, 1.807) is 0 Å². The standard InChI is InChI=1S/C13H23N5/c1-14-12-4-2-3-11(12)5-6-17-7-8-18-10-15-16-13(18)9-17/h10-12,14H,2-9H2,1H3. The van der Waals surface area contributed by atoms with Crippen molar-refractivity contribution in [2.24, 2.45) is 5.92 Å². The van der Waals surface area contributed by atoms with E-state index in [2.05, 4.69) is 32.0 Å². The topological polar surface area (TPSA) is 46.0 Å². The van der Waals surface area contributed by atoms with Gasteiger partial charge in [0, 0.05) is 19.1 Å². The van der Waals surface area contributed by atoms with E-state index in [-0.39, 0.29) is 0 Å². The average molecular weight is 249 g/mol. The molecule has 1 fully saturated rings. The summed E-state index contributed by atoms with van der Waals surface area (Å²) >= 11 is 0. The van der Waals surface area contributed by atoms with Crippen LogP contribution in [0, 0.1) is 5.92 Å². The third-order valence-electron chi connectivity index (χ3n) is 4.56. The van der Waals surface area contributed by atoms with E-state index in [9.17, 15) is 0 Å². The molecule has 1 aliphatic carbocycles. The highest BCUT2D eigenvalue weighted by Gasteiger charge is 2.26. The summed E-state index contributed by atoms with van der Waals surface area (Å²) in [7, 11) is 2.10. The zero-order chi connectivity index (χ0) is 12.4. The number of nitrogens with zero attached hydrogens (tertiary/aromatic N) is 4. The minimum Gasteiger partial charge on any atom is -0.317 e. The quantitative estimate of drug-likeness (QED) is 0.860. The predicted octanol–water partition coefficient (Wildman–Crippen LogP) is 0.872. The molecular formula is C13H23N5. The average Bonchev–Trinajstić information content (AvgIpc) is 3.04. The van der Waals surface area contributed by atoms with Gasteiger partial charge in [-0.3, -0.25) is 4.90 Å². The monoisotopic (exact) mass is 249 g/mol. The summed E-state index contributed by atoms with van der Waals surface area (Å²) in [6, 6.07) is 0.749. The fraction of sp³-hybridized carbons (Fsp3) is 0.846. The van der Waals surface area contributed by atoms with Crippen LogP contribution in [0.3, 0.4) is 0 Å². The summed E-state index contributed by atoms with van der Waals surface area (Å²) in [5.41, 5.74) is 0. The molecule has 0 bridgehead atoms. The molecule has 3 rings (SSSR count). The highest BCUT2D eigenvalue weighted by Crippen LogP contribution is 2.28. The summed E-state index contributed by atoms with van der Waals surface area (Å²) in [6.07, 6.45) is 7.32. The molecule has 0 radical (unpaired) electrons. The van der Waals surface area contributed by atoms with Gasteiger partial charge in [0.25, 0.3) is 0 Å². The van der Waals surface area contributed by atoms with Crippen molar-refractivity contribution in [1.82, 2.24) is 25.0 Å². The van der Waals surface area contributed by atoms with Crippen LogP contribution < -0.4 is 5.32 Å². The van der Waals surface area contributed by atoms with Gasteiger partial charge in [-0.2, -0.15) is 0 Å². The van der Waals surface area contributed by atoms with Gasteiger partial charge in [0.05, 0.1) is 6.54 Å². The van der Waals surface area contributed by atoms with Gasteiger partial charge in [0.15, 0.2) is 0 Å². The Balaban J connectivity index is 1.50. The molecule has 0 amide bonds. The summed E-state index contributed by atoms with van der Waals surface area (Å²) in [4.78, 5) is 2.52. The molecule has 1 N–H and O–H groups in total. The van der Waals surface area contributed by atoms with E-state index in [0.29, 0.717) is 0 Å². The molecule has 2 aliphatic rings. The third kappa shape index (κ3) is 2.42. The first-order chi connectivity index (χ1) is 8.86. The molecule has 0 spiro atoms. The van der Waals surface area contributed by atoms with Crippen molar-refractivity contribution in [2.75, 3.05) is 20.1 Å². The Labute approximate surface area is 109 Å². The molecule has 1 saturated carbocycles. The van der Waals surface area contributed by atoms with Crippen LogP contribution in [0.2, 0.25) is 0 Å². The second-order valence-electron chi connectivity index (χ2n) is 5.59. The van der Waals surface area contributed by atoms with E-state index >= 15 is 0 Å². The zero-order valence-electron chi connectivity index (χ0n) is 11.2. The van der Waals surface area contributed by atoms with Crippen molar-refractivity contribution >= 4 is 0 Å². The SMILES string of the molecule is CNC1CCCC1CCN1CCn2cnnc2C1. The number of hydrogen-bond acceptors (Lipinski definition) is 4. The molecule has 2 atom stereocenters. The first kappa shape index (κ1) is 12.1. The maximum Gasteiger partial charge on any atom is 0.147 e. The van der Waals surface area contributed by atoms with Crippen molar-refractivity contribution < 1.29 is 0 Å². The van der Waals surface area contributed by atoms with Gasteiger partial charge in [-0.05, 0) is 38.8 Å². The number of nitrogens with one attached hydrogen (secondary N) is 1. The summed E-state index contributed by atoms with van der Waals surface area (Å²) in [6.45, 7) is 4.36. The second kappa shape index (κ2) is 5.36. The molecule has 5 nitrogen and oxygen atoms in total. The highest BCUT2D eigenvalue weighted by atomic mass is 15.3. The van der Waals surface area contributed by atoms with Crippen molar-refractivity contribution in [3.63, 3.8) is 0 Å². The van der Waals surface area contributed by atoms with Crippen molar-refractivity contribution in [1.29, 1.82) is 0 Å². The molecule has 5 heteroatoms. The number of hydrogen-bond donors (Lipinski definition) is 1. The lowest BCUT2D eigenvalue weighted by Gasteiger charge is -2.29. The molecule has 1 aromatic rings. The van der Waals surface area contributed by atoms with E-state index in [4.69, 9.17) is 0 Å². The van der Waals surface area contributed by atoms with Crippen LogP contribution in [0.15, 0.2) is 6.33 Å². The van der Waals surface area contributed by atoms with Gasteiger partial charge >= 0.3 is 0 Å². The molecule has 0 saturated heterocycles. The lowest BCUT2D eigenvalue weighted by atomic mass is 9.99. The van der Waals surface area contributed by atoms with Crippen LogP contribution in [-0.2, 0) is 13.1 Å². The number of fused-ring (bicyclic) bond motifs is 1. The van der Waals surface area contributed by atoms with Gasteiger partial charge in [-0.25, -0.2) is 0 Å². The van der Waals surface area contributed by atoms with Gasteiger partial charge in [-0.1, -0.05) is 6.42 Å². The fourth-order valence-corrected chi connectivity index (χ4v) is 3.42. The molecule has 2 unspecified atom stereocenters. The molecular weight excluding hydrogens is 226 g/mol. The Kier molecular flexibility index (Phi) is 3.61. The predicted molar refractivity (Wildman–Crippen MR) is 70.1 cm³/mol. The smallest absolute Gasteiger partial charge is 0.147 e. The maximum absolute atomic E-state index is 4.18. The minimum atomic E-state index is 0.749. The number of aromatic nitrogens is 3. The Bertz CT molecular complexity index is 388. The molecule has 0 aromatic carbocycles. The van der Waals surface area contributed by atoms with Crippen LogP contribution in [-0.4, -0.2) is 45.8 Å². The summed E-state index contributed by atoms with van der Waals surface area (Å²) in [5.74, 6) is 1.99. The van der Waals surface area contributed by atoms with Crippen LogP contribution >= 0.6 is 0 Å². The summed E-state index contributed by atoms with van der Waals surface area (Å²) < 4.78 is 2.17. The Morgan fingerprint density at radius 2 is 2.33 bits per heavy atom. The molecule has 100 valence electrons. The molecule has 1 aromatic heterocycles. The first-order valence-corrected chi connectivity index (χ1v) is 7.13. The van der Waals surface area contributed by atoms with E-state index in [0.717, 1.165) is 37.4 Å². The lowest BCUT2D eigenvalue weighted by molar-refractivity contribution is 0.197. The van der Waals surface area contributed by atoms with Crippen LogP contribution in [0.1, 0.15) is 31.5 Å². The van der Waals surface area contributed by atoms with Crippen LogP contribution in [0.25, 0.3) is 0 Å². The van der Waals surface area contributed by atoms with Gasteiger partial charge in [-0.15, -0.1) is 10.2 Å². The van der Waals surface area contributed by atoms with Crippen molar-refractivity contribution in [3.05, 3.63) is 12.2 Å². The zero-order valence-corrected chi connectivity index (χ0v) is 11.2. The summed E-state index contributed by atoms with van der Waals surface area (Å²) in [5, 5.41) is 11.6. The Morgan fingerprint density at radius 1 is 1.39 bits per heavy atom. The Hall–Kier alpha value is -0.940. The van der Waals surface area contributed by atoms with E-state index in [1.807, 2.05) is 6.33 Å². The molecule has 1 aliphatic heterocycles. The van der Waals surface area contributed by atoms with Gasteiger partial charge < -0.3 is 9.88 Å². The lowest BCUT2D eigenvalue weighted by Crippen LogP contribution is -2.37. The third-order valence-corrected chi connectivity index (χ3v) is 4.56. The second-order valence-corrected chi connectivity index (χ2v) is 5.59. The molecule has 18 heavy (non-hydrogen) atoms. The van der Waals surface area contributed by atoms with Crippen LogP contribution in [0.5, 0.6) is 0 Å². The Morgan fingerprint density at radius 3 is 3.22 bits per heavy atom. The maximum atomic E-state index is 4.18. The van der Waals surface area contributed by atoms with Gasteiger partial charge in [0.1, 0.15) is 12.2 Å². The van der Waals surface area contributed by atoms with Crippen LogP contribution in [0.4, 0.5) is 0 Å². The van der Waals surface area contributed by atoms with Gasteiger partial charge in [0.2, 0.25) is 0 Å². The first-order valence-electron chi connectivity index (χ1n) is 7.13. The minimum absolute atomic E-state index is 0.749. The fourth-order valence-electron chi connectivity index (χ4n) is 3.42. The molecule has 2 heterocycles. The van der Waals surface area contributed by atoms with E-state index < -0.39 is 0 Å². The normalized spacial score (nSPS) is 28.5. The van der Waals surface area contributed by atoms with Crippen molar-refractivity contribution in [3.8, 4) is 0 Å². The number of rotatable bonds is 4. The van der Waals surface area contributed by atoms with Crippen molar-refractivity contribution in [2.45, 2.75) is 44.8 Å². The highest BCUT2D eigenvalue weighted by molar-refractivity contribution is 4.90. The largest absolute Gasteiger partial charge is 0.317 e. The van der Waals surface area contributed by atoms with E-state index in [1.165, 1.54) is 32.2 Å².